The SMILES string of the molecule is Cc1cc(N2CCOC(c3nc(C(C)(C)C)cs3)C2)nc(-c2cccc([N+](=O)[O-])c2)n1. The third-order valence-corrected chi connectivity index (χ3v) is 6.05. The second kappa shape index (κ2) is 8.32. The number of aryl methyl sites for hydroxylation is 1. The molecule has 1 aliphatic rings. The zero-order chi connectivity index (χ0) is 22.2. The number of nitro benzene ring substituents is 1. The van der Waals surface area contributed by atoms with Gasteiger partial charge in [0.15, 0.2) is 5.82 Å². The Morgan fingerprint density at radius 3 is 2.74 bits per heavy atom. The first-order chi connectivity index (χ1) is 14.7. The van der Waals surface area contributed by atoms with Crippen molar-refractivity contribution in [1.29, 1.82) is 0 Å². The number of thiazole rings is 1. The van der Waals surface area contributed by atoms with Crippen molar-refractivity contribution in [3.8, 4) is 11.4 Å². The van der Waals surface area contributed by atoms with Gasteiger partial charge in [-0.1, -0.05) is 32.9 Å². The second-order valence-corrected chi connectivity index (χ2v) is 9.51. The lowest BCUT2D eigenvalue weighted by molar-refractivity contribution is -0.384. The minimum atomic E-state index is -0.410. The Morgan fingerprint density at radius 2 is 2.03 bits per heavy atom. The Bertz CT molecular complexity index is 1110. The minimum absolute atomic E-state index is 0.0000665. The fraction of sp³-hybridized carbons (Fsp3) is 0.409. The van der Waals surface area contributed by atoms with E-state index in [4.69, 9.17) is 14.7 Å². The van der Waals surface area contributed by atoms with Crippen molar-refractivity contribution in [3.63, 3.8) is 0 Å². The molecule has 0 radical (unpaired) electrons. The highest BCUT2D eigenvalue weighted by molar-refractivity contribution is 7.09. The molecule has 3 aromatic rings. The van der Waals surface area contributed by atoms with E-state index < -0.39 is 4.92 Å². The molecule has 3 heterocycles. The number of hydrogen-bond donors (Lipinski definition) is 0. The molecule has 2 aromatic heterocycles. The van der Waals surface area contributed by atoms with E-state index in [1.54, 1.807) is 23.5 Å². The molecule has 0 amide bonds. The first-order valence-electron chi connectivity index (χ1n) is 10.1. The van der Waals surface area contributed by atoms with Crippen LogP contribution in [0.25, 0.3) is 11.4 Å². The molecule has 0 saturated carbocycles. The highest BCUT2D eigenvalue weighted by Gasteiger charge is 2.27. The van der Waals surface area contributed by atoms with Crippen LogP contribution in [0.3, 0.4) is 0 Å². The van der Waals surface area contributed by atoms with Gasteiger partial charge in [-0.2, -0.15) is 0 Å². The molecule has 4 rings (SSSR count). The van der Waals surface area contributed by atoms with Gasteiger partial charge in [0.05, 0.1) is 23.8 Å². The van der Waals surface area contributed by atoms with Gasteiger partial charge in [0.2, 0.25) is 0 Å². The fourth-order valence-corrected chi connectivity index (χ4v) is 4.47. The molecule has 1 atom stereocenters. The second-order valence-electron chi connectivity index (χ2n) is 8.63. The van der Waals surface area contributed by atoms with Crippen molar-refractivity contribution in [1.82, 2.24) is 15.0 Å². The number of hydrogen-bond acceptors (Lipinski definition) is 8. The van der Waals surface area contributed by atoms with Gasteiger partial charge in [0.25, 0.3) is 5.69 Å². The van der Waals surface area contributed by atoms with E-state index >= 15 is 0 Å². The summed E-state index contributed by atoms with van der Waals surface area (Å²) in [4.78, 5) is 26.9. The van der Waals surface area contributed by atoms with Crippen LogP contribution in [0.2, 0.25) is 0 Å². The molecule has 8 nitrogen and oxygen atoms in total. The number of aromatic nitrogens is 3. The molecule has 1 saturated heterocycles. The van der Waals surface area contributed by atoms with Crippen molar-refractivity contribution in [2.75, 3.05) is 24.6 Å². The van der Waals surface area contributed by atoms with Crippen LogP contribution in [0.1, 0.15) is 43.3 Å². The van der Waals surface area contributed by atoms with E-state index in [0.717, 1.165) is 22.2 Å². The predicted molar refractivity (Wildman–Crippen MR) is 121 cm³/mol. The summed E-state index contributed by atoms with van der Waals surface area (Å²) in [6.45, 7) is 10.3. The molecule has 1 unspecified atom stereocenters. The normalized spacial score (nSPS) is 17.0. The number of benzene rings is 1. The first-order valence-corrected chi connectivity index (χ1v) is 11.0. The molecular formula is C22H25N5O3S. The maximum absolute atomic E-state index is 11.1. The lowest BCUT2D eigenvalue weighted by atomic mass is 9.93. The van der Waals surface area contributed by atoms with Crippen LogP contribution in [0.4, 0.5) is 11.5 Å². The standard InChI is InChI=1S/C22H25N5O3S/c1-14-10-19(25-20(23-14)15-6-5-7-16(11-15)27(28)29)26-8-9-30-17(12-26)21-24-18(13-31-21)22(2,3)4/h5-7,10-11,13,17H,8-9,12H2,1-4H3. The highest BCUT2D eigenvalue weighted by Crippen LogP contribution is 2.32. The van der Waals surface area contributed by atoms with E-state index in [0.29, 0.717) is 31.1 Å². The Balaban J connectivity index is 1.60. The third-order valence-electron chi connectivity index (χ3n) is 5.11. The van der Waals surface area contributed by atoms with Crippen molar-refractivity contribution in [2.45, 2.75) is 39.2 Å². The van der Waals surface area contributed by atoms with Crippen LogP contribution in [-0.4, -0.2) is 39.6 Å². The van der Waals surface area contributed by atoms with Crippen LogP contribution in [0, 0.1) is 17.0 Å². The van der Waals surface area contributed by atoms with E-state index in [-0.39, 0.29) is 17.2 Å². The van der Waals surface area contributed by atoms with Gasteiger partial charge >= 0.3 is 0 Å². The smallest absolute Gasteiger partial charge is 0.270 e. The van der Waals surface area contributed by atoms with E-state index in [1.165, 1.54) is 12.1 Å². The van der Waals surface area contributed by atoms with E-state index in [2.05, 4.69) is 36.0 Å². The largest absolute Gasteiger partial charge is 0.367 e. The summed E-state index contributed by atoms with van der Waals surface area (Å²) in [5.41, 5.74) is 2.52. The number of anilines is 1. The molecule has 1 fully saturated rings. The summed E-state index contributed by atoms with van der Waals surface area (Å²) >= 11 is 1.63. The number of morpholine rings is 1. The van der Waals surface area contributed by atoms with Crippen LogP contribution >= 0.6 is 11.3 Å². The maximum Gasteiger partial charge on any atom is 0.270 e. The van der Waals surface area contributed by atoms with E-state index in [1.807, 2.05) is 13.0 Å². The Hall–Kier alpha value is -2.91. The Labute approximate surface area is 185 Å². The van der Waals surface area contributed by atoms with Gasteiger partial charge in [0.1, 0.15) is 16.9 Å². The fourth-order valence-electron chi connectivity index (χ4n) is 3.39. The predicted octanol–water partition coefficient (Wildman–Crippen LogP) is 4.69. The Kier molecular flexibility index (Phi) is 5.72. The van der Waals surface area contributed by atoms with Crippen LogP contribution in [-0.2, 0) is 10.2 Å². The summed E-state index contributed by atoms with van der Waals surface area (Å²) in [5, 5.41) is 14.2. The average Bonchev–Trinajstić information content (AvgIpc) is 3.24. The monoisotopic (exact) mass is 439 g/mol. The molecule has 1 aromatic carbocycles. The summed E-state index contributed by atoms with van der Waals surface area (Å²) in [6, 6.07) is 8.35. The zero-order valence-corrected chi connectivity index (χ0v) is 18.8. The summed E-state index contributed by atoms with van der Waals surface area (Å²) in [5.74, 6) is 1.26. The zero-order valence-electron chi connectivity index (χ0n) is 18.0. The van der Waals surface area contributed by atoms with Gasteiger partial charge < -0.3 is 9.64 Å². The first kappa shape index (κ1) is 21.3. The number of nitrogens with zero attached hydrogens (tertiary/aromatic N) is 5. The van der Waals surface area contributed by atoms with Gasteiger partial charge in [-0.05, 0) is 6.92 Å². The average molecular weight is 440 g/mol. The van der Waals surface area contributed by atoms with Gasteiger partial charge in [-0.15, -0.1) is 11.3 Å². The molecule has 9 heteroatoms. The van der Waals surface area contributed by atoms with Crippen LogP contribution in [0.15, 0.2) is 35.7 Å². The number of nitro groups is 1. The van der Waals surface area contributed by atoms with Gasteiger partial charge in [0, 0.05) is 46.8 Å². The third kappa shape index (κ3) is 4.72. The van der Waals surface area contributed by atoms with Crippen LogP contribution in [0.5, 0.6) is 0 Å². The number of rotatable bonds is 4. The maximum atomic E-state index is 11.1. The lowest BCUT2D eigenvalue weighted by Crippen LogP contribution is -2.39. The van der Waals surface area contributed by atoms with Crippen molar-refractivity contribution < 1.29 is 9.66 Å². The van der Waals surface area contributed by atoms with Crippen molar-refractivity contribution >= 4 is 22.8 Å². The van der Waals surface area contributed by atoms with E-state index in [9.17, 15) is 10.1 Å². The minimum Gasteiger partial charge on any atom is -0.367 e. The molecular weight excluding hydrogens is 414 g/mol. The molecule has 31 heavy (non-hydrogen) atoms. The highest BCUT2D eigenvalue weighted by atomic mass is 32.1. The van der Waals surface area contributed by atoms with Gasteiger partial charge in [-0.25, -0.2) is 15.0 Å². The summed E-state index contributed by atoms with van der Waals surface area (Å²) < 4.78 is 6.02. The molecule has 1 aliphatic heterocycles. The lowest BCUT2D eigenvalue weighted by Gasteiger charge is -2.33. The van der Waals surface area contributed by atoms with Crippen molar-refractivity contribution in [2.24, 2.45) is 0 Å². The molecule has 0 bridgehead atoms. The summed E-state index contributed by atoms with van der Waals surface area (Å²) in [6.07, 6.45) is -0.119. The van der Waals surface area contributed by atoms with Crippen molar-refractivity contribution in [3.05, 3.63) is 62.2 Å². The quantitative estimate of drug-likeness (QED) is 0.430. The molecule has 0 aliphatic carbocycles. The van der Waals surface area contributed by atoms with Crippen LogP contribution < -0.4 is 4.90 Å². The molecule has 0 N–H and O–H groups in total. The topological polar surface area (TPSA) is 94.3 Å². The Morgan fingerprint density at radius 1 is 1.23 bits per heavy atom. The summed E-state index contributed by atoms with van der Waals surface area (Å²) in [7, 11) is 0. The van der Waals surface area contributed by atoms with Gasteiger partial charge in [-0.3, -0.25) is 10.1 Å². The molecule has 162 valence electrons. The number of ether oxygens (including phenoxy) is 1. The molecule has 0 spiro atoms. The number of non-ortho nitro benzene ring substituents is 1.